The van der Waals surface area contributed by atoms with Crippen molar-refractivity contribution in [1.82, 2.24) is 4.90 Å². The molecule has 0 bridgehead atoms. The molecule has 2 N–H and O–H groups in total. The molecule has 1 saturated carbocycles. The Morgan fingerprint density at radius 1 is 1.35 bits per heavy atom. The number of hydrogen-bond acceptors (Lipinski definition) is 2. The van der Waals surface area contributed by atoms with Crippen molar-refractivity contribution in [2.45, 2.75) is 24.7 Å². The fraction of sp³-hybridized carbons (Fsp3) is 0.467. The number of likely N-dealkylation sites (tertiary alicyclic amines) is 1. The van der Waals surface area contributed by atoms with Crippen LogP contribution < -0.4 is 5.73 Å². The van der Waals surface area contributed by atoms with Gasteiger partial charge in [0, 0.05) is 17.6 Å². The standard InChI is InChI=1S/C15H17BrN2O2/c16-12-3-1-2-11(8-12)15(5-6-15)14(20)18-7-4-10(9-18)13(17)19/h1-3,8,10H,4-7,9H2,(H2,17,19)/t10-/m0/s1. The van der Waals surface area contributed by atoms with Crippen LogP contribution in [0.25, 0.3) is 0 Å². The van der Waals surface area contributed by atoms with E-state index >= 15 is 0 Å². The summed E-state index contributed by atoms with van der Waals surface area (Å²) >= 11 is 3.46. The molecule has 1 aromatic carbocycles. The molecule has 106 valence electrons. The van der Waals surface area contributed by atoms with Crippen LogP contribution in [-0.4, -0.2) is 29.8 Å². The molecule has 2 amide bonds. The number of nitrogens with zero attached hydrogens (tertiary/aromatic N) is 1. The van der Waals surface area contributed by atoms with E-state index in [0.29, 0.717) is 19.5 Å². The van der Waals surface area contributed by atoms with Crippen molar-refractivity contribution in [1.29, 1.82) is 0 Å². The van der Waals surface area contributed by atoms with Crippen LogP contribution in [0.5, 0.6) is 0 Å². The Labute approximate surface area is 126 Å². The van der Waals surface area contributed by atoms with Crippen molar-refractivity contribution < 1.29 is 9.59 Å². The summed E-state index contributed by atoms with van der Waals surface area (Å²) in [5.41, 5.74) is 6.04. The third-order valence-electron chi connectivity index (χ3n) is 4.41. The maximum atomic E-state index is 12.8. The van der Waals surface area contributed by atoms with Crippen molar-refractivity contribution in [3.05, 3.63) is 34.3 Å². The molecule has 1 atom stereocenters. The molecule has 1 aliphatic carbocycles. The molecule has 2 aliphatic rings. The lowest BCUT2D eigenvalue weighted by Gasteiger charge is -2.23. The number of halogens is 1. The molecule has 0 aromatic heterocycles. The van der Waals surface area contributed by atoms with Crippen molar-refractivity contribution in [2.24, 2.45) is 11.7 Å². The van der Waals surface area contributed by atoms with Crippen molar-refractivity contribution in [2.75, 3.05) is 13.1 Å². The lowest BCUT2D eigenvalue weighted by atomic mass is 9.94. The normalized spacial score (nSPS) is 23.6. The van der Waals surface area contributed by atoms with E-state index in [4.69, 9.17) is 5.73 Å². The average molecular weight is 337 g/mol. The minimum absolute atomic E-state index is 0.152. The molecule has 0 spiro atoms. The van der Waals surface area contributed by atoms with Gasteiger partial charge < -0.3 is 10.6 Å². The number of benzene rings is 1. The Hall–Kier alpha value is -1.36. The van der Waals surface area contributed by atoms with Gasteiger partial charge >= 0.3 is 0 Å². The molecular formula is C15H17BrN2O2. The number of nitrogens with two attached hydrogens (primary N) is 1. The lowest BCUT2D eigenvalue weighted by Crippen LogP contribution is -2.38. The predicted octanol–water partition coefficient (Wildman–Crippen LogP) is 1.81. The smallest absolute Gasteiger partial charge is 0.233 e. The fourth-order valence-electron chi connectivity index (χ4n) is 3.02. The van der Waals surface area contributed by atoms with E-state index in [1.807, 2.05) is 29.2 Å². The third-order valence-corrected chi connectivity index (χ3v) is 4.91. The van der Waals surface area contributed by atoms with Gasteiger partial charge in [-0.1, -0.05) is 28.1 Å². The molecule has 0 radical (unpaired) electrons. The molecule has 2 fully saturated rings. The highest BCUT2D eigenvalue weighted by Crippen LogP contribution is 2.50. The third kappa shape index (κ3) is 2.24. The summed E-state index contributed by atoms with van der Waals surface area (Å²) < 4.78 is 0.991. The number of primary amides is 1. The topological polar surface area (TPSA) is 63.4 Å². The van der Waals surface area contributed by atoms with Gasteiger partial charge in [-0.3, -0.25) is 9.59 Å². The van der Waals surface area contributed by atoms with Crippen LogP contribution >= 0.6 is 15.9 Å². The van der Waals surface area contributed by atoms with E-state index in [9.17, 15) is 9.59 Å². The molecular weight excluding hydrogens is 320 g/mol. The van der Waals surface area contributed by atoms with Crippen LogP contribution in [0.4, 0.5) is 0 Å². The highest BCUT2D eigenvalue weighted by Gasteiger charge is 2.53. The van der Waals surface area contributed by atoms with Crippen LogP contribution in [0.3, 0.4) is 0 Å². The van der Waals surface area contributed by atoms with Gasteiger partial charge in [-0.2, -0.15) is 0 Å². The Bertz CT molecular complexity index is 569. The van der Waals surface area contributed by atoms with Gasteiger partial charge in [0.15, 0.2) is 0 Å². The summed E-state index contributed by atoms with van der Waals surface area (Å²) in [6.45, 7) is 1.12. The van der Waals surface area contributed by atoms with Crippen LogP contribution in [0.1, 0.15) is 24.8 Å². The van der Waals surface area contributed by atoms with E-state index in [0.717, 1.165) is 22.9 Å². The zero-order valence-electron chi connectivity index (χ0n) is 11.1. The summed E-state index contributed by atoms with van der Waals surface area (Å²) in [5, 5.41) is 0. The van der Waals surface area contributed by atoms with Crippen LogP contribution in [0.15, 0.2) is 28.7 Å². The molecule has 3 rings (SSSR count). The molecule has 0 unspecified atom stereocenters. The SMILES string of the molecule is NC(=O)[C@H]1CCN(C(=O)C2(c3cccc(Br)c3)CC2)C1. The van der Waals surface area contributed by atoms with Gasteiger partial charge in [0.2, 0.25) is 11.8 Å². The first kappa shape index (κ1) is 13.6. The summed E-state index contributed by atoms with van der Waals surface area (Å²) in [7, 11) is 0. The first-order valence-electron chi connectivity index (χ1n) is 6.88. The number of hydrogen-bond donors (Lipinski definition) is 1. The number of carbonyl (C=O) groups excluding carboxylic acids is 2. The summed E-state index contributed by atoms with van der Waals surface area (Å²) in [6.07, 6.45) is 2.47. The Balaban J connectivity index is 1.79. The van der Waals surface area contributed by atoms with E-state index in [1.165, 1.54) is 0 Å². The molecule has 1 aromatic rings. The van der Waals surface area contributed by atoms with Crippen LogP contribution in [0, 0.1) is 5.92 Å². The first-order chi connectivity index (χ1) is 9.53. The maximum Gasteiger partial charge on any atom is 0.233 e. The fourth-order valence-corrected chi connectivity index (χ4v) is 3.42. The largest absolute Gasteiger partial charge is 0.369 e. The van der Waals surface area contributed by atoms with Crippen molar-refractivity contribution >= 4 is 27.7 Å². The Morgan fingerprint density at radius 2 is 2.10 bits per heavy atom. The van der Waals surface area contributed by atoms with Crippen LogP contribution in [-0.2, 0) is 15.0 Å². The molecule has 1 saturated heterocycles. The zero-order chi connectivity index (χ0) is 14.3. The monoisotopic (exact) mass is 336 g/mol. The Kier molecular flexibility index (Phi) is 3.32. The molecule has 1 aliphatic heterocycles. The average Bonchev–Trinajstić information content (AvgIpc) is 3.08. The highest BCUT2D eigenvalue weighted by molar-refractivity contribution is 9.10. The first-order valence-corrected chi connectivity index (χ1v) is 7.67. The van der Waals surface area contributed by atoms with Gasteiger partial charge in [-0.05, 0) is 37.0 Å². The minimum Gasteiger partial charge on any atom is -0.369 e. The zero-order valence-corrected chi connectivity index (χ0v) is 12.7. The quantitative estimate of drug-likeness (QED) is 0.914. The van der Waals surface area contributed by atoms with E-state index < -0.39 is 0 Å². The van der Waals surface area contributed by atoms with E-state index in [-0.39, 0.29) is 23.1 Å². The number of carbonyl (C=O) groups is 2. The van der Waals surface area contributed by atoms with Gasteiger partial charge in [-0.25, -0.2) is 0 Å². The highest BCUT2D eigenvalue weighted by atomic mass is 79.9. The summed E-state index contributed by atoms with van der Waals surface area (Å²) in [4.78, 5) is 25.8. The molecule has 5 heteroatoms. The molecule has 20 heavy (non-hydrogen) atoms. The predicted molar refractivity (Wildman–Crippen MR) is 78.9 cm³/mol. The summed E-state index contributed by atoms with van der Waals surface area (Å²) in [5.74, 6) is -0.329. The second-order valence-corrected chi connectivity index (χ2v) is 6.65. The maximum absolute atomic E-state index is 12.8. The lowest BCUT2D eigenvalue weighted by molar-refractivity contribution is -0.133. The van der Waals surface area contributed by atoms with Crippen LogP contribution in [0.2, 0.25) is 0 Å². The number of amides is 2. The summed E-state index contributed by atoms with van der Waals surface area (Å²) in [6, 6.07) is 7.95. The minimum atomic E-state index is -0.365. The second kappa shape index (κ2) is 4.88. The van der Waals surface area contributed by atoms with E-state index in [2.05, 4.69) is 15.9 Å². The molecule has 4 nitrogen and oxygen atoms in total. The van der Waals surface area contributed by atoms with Crippen molar-refractivity contribution in [3.8, 4) is 0 Å². The van der Waals surface area contributed by atoms with E-state index in [1.54, 1.807) is 0 Å². The van der Waals surface area contributed by atoms with Crippen molar-refractivity contribution in [3.63, 3.8) is 0 Å². The van der Waals surface area contributed by atoms with Gasteiger partial charge in [-0.15, -0.1) is 0 Å². The van der Waals surface area contributed by atoms with Gasteiger partial charge in [0.25, 0.3) is 0 Å². The molecule has 1 heterocycles. The Morgan fingerprint density at radius 3 is 2.65 bits per heavy atom. The second-order valence-electron chi connectivity index (χ2n) is 5.73. The van der Waals surface area contributed by atoms with Gasteiger partial charge in [0.05, 0.1) is 11.3 Å². The number of rotatable bonds is 3. The van der Waals surface area contributed by atoms with Gasteiger partial charge in [0.1, 0.15) is 0 Å².